The first kappa shape index (κ1) is 8.85. The maximum Gasteiger partial charge on any atom is -0.00271 e. The Labute approximate surface area is 39.0 Å². The summed E-state index contributed by atoms with van der Waals surface area (Å²) < 4.78 is 0. The molecule has 30 valence electrons. The molecule has 0 heterocycles. The van der Waals surface area contributed by atoms with Crippen molar-refractivity contribution in [3.63, 3.8) is 0 Å². The van der Waals surface area contributed by atoms with Gasteiger partial charge in [-0.2, -0.15) is 0 Å². The van der Waals surface area contributed by atoms with Crippen molar-refractivity contribution in [3.8, 4) is 11.8 Å². The van der Waals surface area contributed by atoms with Crippen LogP contribution in [0.25, 0.3) is 0 Å². The van der Waals surface area contributed by atoms with E-state index in [9.17, 15) is 0 Å². The van der Waals surface area contributed by atoms with Crippen LogP contribution < -0.4 is 0 Å². The van der Waals surface area contributed by atoms with Crippen LogP contribution in [0, 0.1) is 11.8 Å². The van der Waals surface area contributed by atoms with Gasteiger partial charge in [-0.25, -0.2) is 0 Å². The van der Waals surface area contributed by atoms with Crippen molar-refractivity contribution in [1.29, 1.82) is 0 Å². The number of halogens is 1. The summed E-state index contributed by atoms with van der Waals surface area (Å²) in [4.78, 5) is 0. The molecule has 0 saturated carbocycles. The highest BCUT2D eigenvalue weighted by Gasteiger charge is 1.26. The molecule has 0 N–H and O–H groups in total. The van der Waals surface area contributed by atoms with E-state index in [2.05, 4.69) is 11.8 Å². The summed E-state index contributed by atoms with van der Waals surface area (Å²) in [6, 6.07) is 0. The standard InChI is InChI=1S/C4H6.ClH/c1-3-4-2;/h1-2H3;1H. The molecule has 0 aromatic heterocycles. The first-order valence-corrected chi connectivity index (χ1v) is 1.25. The molecule has 0 radical (unpaired) electrons. The van der Waals surface area contributed by atoms with Crippen LogP contribution in [0.2, 0.25) is 0 Å². The maximum atomic E-state index is 2.68. The van der Waals surface area contributed by atoms with E-state index in [0.29, 0.717) is 0 Å². The number of hydrogen-bond acceptors (Lipinski definition) is 0. The fraction of sp³-hybridized carbons (Fsp3) is 0.500. The van der Waals surface area contributed by atoms with E-state index < -0.39 is 0 Å². The fourth-order valence-electron chi connectivity index (χ4n) is 0. The monoisotopic (exact) mass is 90.0 g/mol. The van der Waals surface area contributed by atoms with Crippen molar-refractivity contribution in [2.75, 3.05) is 0 Å². The molecule has 0 bridgehead atoms. The highest BCUT2D eigenvalue weighted by molar-refractivity contribution is 5.85. The van der Waals surface area contributed by atoms with Crippen molar-refractivity contribution >= 4 is 12.4 Å². The Morgan fingerprint density at radius 1 is 1.00 bits per heavy atom. The van der Waals surface area contributed by atoms with Crippen molar-refractivity contribution in [3.05, 3.63) is 0 Å². The third-order valence-corrected chi connectivity index (χ3v) is 0.250. The third kappa shape index (κ3) is 18.2. The molecular formula is C4H7Cl. The van der Waals surface area contributed by atoms with Gasteiger partial charge in [-0.05, 0) is 13.8 Å². The molecule has 0 aliphatic heterocycles. The van der Waals surface area contributed by atoms with Gasteiger partial charge >= 0.3 is 0 Å². The van der Waals surface area contributed by atoms with E-state index in [-0.39, 0.29) is 12.4 Å². The van der Waals surface area contributed by atoms with E-state index in [1.165, 1.54) is 0 Å². The van der Waals surface area contributed by atoms with Crippen LogP contribution in [0.15, 0.2) is 0 Å². The van der Waals surface area contributed by atoms with Gasteiger partial charge in [0.15, 0.2) is 0 Å². The van der Waals surface area contributed by atoms with Crippen LogP contribution in [0.3, 0.4) is 0 Å². The second kappa shape index (κ2) is 9.14. The molecule has 0 fully saturated rings. The first-order chi connectivity index (χ1) is 1.91. The van der Waals surface area contributed by atoms with Gasteiger partial charge in [-0.3, -0.25) is 0 Å². The zero-order valence-corrected chi connectivity index (χ0v) is 4.22. The predicted octanol–water partition coefficient (Wildman–Crippen LogP) is 1.45. The lowest BCUT2D eigenvalue weighted by atomic mass is 10.7. The van der Waals surface area contributed by atoms with Crippen LogP contribution in [0.5, 0.6) is 0 Å². The topological polar surface area (TPSA) is 0 Å². The minimum atomic E-state index is 0. The molecule has 0 aliphatic rings. The summed E-state index contributed by atoms with van der Waals surface area (Å²) in [5.74, 6) is 5.36. The Kier molecular flexibility index (Phi) is 16.2. The van der Waals surface area contributed by atoms with Gasteiger partial charge in [-0.15, -0.1) is 24.2 Å². The lowest BCUT2D eigenvalue weighted by Crippen LogP contribution is -1.28. The maximum absolute atomic E-state index is 2.68. The molecule has 0 rings (SSSR count). The molecule has 0 aromatic carbocycles. The van der Waals surface area contributed by atoms with Crippen molar-refractivity contribution in [2.24, 2.45) is 0 Å². The number of rotatable bonds is 0. The minimum Gasteiger partial charge on any atom is -0.147 e. The van der Waals surface area contributed by atoms with Crippen molar-refractivity contribution in [2.45, 2.75) is 13.8 Å². The van der Waals surface area contributed by atoms with Crippen LogP contribution in [0.1, 0.15) is 13.8 Å². The molecule has 0 aliphatic carbocycles. The van der Waals surface area contributed by atoms with Gasteiger partial charge in [-0.1, -0.05) is 0 Å². The van der Waals surface area contributed by atoms with Gasteiger partial charge in [0.25, 0.3) is 0 Å². The van der Waals surface area contributed by atoms with Gasteiger partial charge in [0, 0.05) is 0 Å². The second-order valence-electron chi connectivity index (χ2n) is 0.500. The van der Waals surface area contributed by atoms with Gasteiger partial charge < -0.3 is 0 Å². The van der Waals surface area contributed by atoms with Crippen LogP contribution in [-0.4, -0.2) is 0 Å². The molecule has 0 saturated heterocycles. The highest BCUT2D eigenvalue weighted by Crippen LogP contribution is 1.39. The molecule has 0 unspecified atom stereocenters. The largest absolute Gasteiger partial charge is 0.147 e. The number of hydrogen-bond donors (Lipinski definition) is 0. The Morgan fingerprint density at radius 3 is 1.20 bits per heavy atom. The average Bonchev–Trinajstić information content (AvgIpc) is 1.37. The molecule has 0 aromatic rings. The molecular weight excluding hydrogens is 83.5 g/mol. The van der Waals surface area contributed by atoms with Gasteiger partial charge in [0.1, 0.15) is 0 Å². The molecule has 0 spiro atoms. The normalized spacial score (nSPS) is 2.80. The van der Waals surface area contributed by atoms with Crippen LogP contribution >= 0.6 is 12.4 Å². The van der Waals surface area contributed by atoms with Crippen molar-refractivity contribution < 1.29 is 0 Å². The van der Waals surface area contributed by atoms with E-state index in [1.807, 2.05) is 13.8 Å². The van der Waals surface area contributed by atoms with E-state index in [4.69, 9.17) is 0 Å². The van der Waals surface area contributed by atoms with E-state index >= 15 is 0 Å². The van der Waals surface area contributed by atoms with Gasteiger partial charge in [0.05, 0.1) is 0 Å². The van der Waals surface area contributed by atoms with Crippen LogP contribution in [0.4, 0.5) is 0 Å². The lowest BCUT2D eigenvalue weighted by molar-refractivity contribution is 1.83. The summed E-state index contributed by atoms with van der Waals surface area (Å²) in [7, 11) is 0. The quantitative estimate of drug-likeness (QED) is 0.395. The highest BCUT2D eigenvalue weighted by atomic mass is 35.5. The van der Waals surface area contributed by atoms with Crippen LogP contribution in [-0.2, 0) is 0 Å². The first-order valence-electron chi connectivity index (χ1n) is 1.25. The summed E-state index contributed by atoms with van der Waals surface area (Å²) in [5, 5.41) is 0. The zero-order chi connectivity index (χ0) is 3.41. The summed E-state index contributed by atoms with van der Waals surface area (Å²) >= 11 is 0. The Balaban J connectivity index is 0. The molecule has 0 nitrogen and oxygen atoms in total. The Morgan fingerprint density at radius 2 is 1.20 bits per heavy atom. The fourth-order valence-corrected chi connectivity index (χ4v) is 0. The molecule has 5 heavy (non-hydrogen) atoms. The summed E-state index contributed by atoms with van der Waals surface area (Å²) in [5.41, 5.74) is 0. The predicted molar refractivity (Wildman–Crippen MR) is 26.4 cm³/mol. The van der Waals surface area contributed by atoms with E-state index in [0.717, 1.165) is 0 Å². The summed E-state index contributed by atoms with van der Waals surface area (Å²) in [6.45, 7) is 3.64. The Bertz CT molecular complexity index is 40.4. The van der Waals surface area contributed by atoms with Gasteiger partial charge in [0.2, 0.25) is 0 Å². The second-order valence-corrected chi connectivity index (χ2v) is 0.500. The average molecular weight is 90.6 g/mol. The minimum absolute atomic E-state index is 0. The lowest BCUT2D eigenvalue weighted by Gasteiger charge is -1.40. The Hall–Kier alpha value is -0.150. The molecule has 0 atom stereocenters. The smallest absolute Gasteiger partial charge is 0.00271 e. The summed E-state index contributed by atoms with van der Waals surface area (Å²) in [6.07, 6.45) is 0. The molecule has 0 amide bonds. The molecule has 1 heteroatoms. The van der Waals surface area contributed by atoms with E-state index in [1.54, 1.807) is 0 Å². The third-order valence-electron chi connectivity index (χ3n) is 0.250. The van der Waals surface area contributed by atoms with Crippen molar-refractivity contribution in [1.82, 2.24) is 0 Å². The SMILES string of the molecule is CC#CC.Cl. The zero-order valence-electron chi connectivity index (χ0n) is 3.41.